The maximum absolute atomic E-state index is 6.25. The number of hydrogen-bond acceptors (Lipinski definition) is 4. The summed E-state index contributed by atoms with van der Waals surface area (Å²) in [6, 6.07) is 1.91. The molecular formula is C13H20ClN3O. The van der Waals surface area contributed by atoms with Gasteiger partial charge < -0.3 is 15.4 Å². The second kappa shape index (κ2) is 6.36. The van der Waals surface area contributed by atoms with Crippen LogP contribution in [0, 0.1) is 5.92 Å². The second-order valence-electron chi connectivity index (χ2n) is 4.74. The van der Waals surface area contributed by atoms with Crippen LogP contribution in [-0.2, 0) is 11.3 Å². The van der Waals surface area contributed by atoms with Gasteiger partial charge >= 0.3 is 0 Å². The standard InChI is InChI=1S/C13H20ClN3O/c1-18-9-10-2-4-17(5-3-10)13-12(14)6-11(7-15)8-16-13/h6,8,10H,2-5,7,9,15H2,1H3. The predicted molar refractivity (Wildman–Crippen MR) is 74.0 cm³/mol. The predicted octanol–water partition coefficient (Wildman–Crippen LogP) is 2.06. The Kier molecular flexibility index (Phi) is 4.80. The number of nitrogens with zero attached hydrogens (tertiary/aromatic N) is 2. The topological polar surface area (TPSA) is 51.4 Å². The molecule has 1 saturated heterocycles. The molecule has 5 heteroatoms. The summed E-state index contributed by atoms with van der Waals surface area (Å²) >= 11 is 6.25. The number of pyridine rings is 1. The number of nitrogens with two attached hydrogens (primary N) is 1. The molecule has 0 spiro atoms. The SMILES string of the molecule is COCC1CCN(c2ncc(CN)cc2Cl)CC1. The van der Waals surface area contributed by atoms with Crippen LogP contribution < -0.4 is 10.6 Å². The van der Waals surface area contributed by atoms with Crippen molar-refractivity contribution in [3.8, 4) is 0 Å². The number of methoxy groups -OCH3 is 1. The van der Waals surface area contributed by atoms with Crippen LogP contribution in [0.1, 0.15) is 18.4 Å². The maximum atomic E-state index is 6.25. The first-order valence-corrected chi connectivity index (χ1v) is 6.70. The number of rotatable bonds is 4. The van der Waals surface area contributed by atoms with E-state index in [0.29, 0.717) is 17.5 Å². The van der Waals surface area contributed by atoms with Crippen molar-refractivity contribution in [1.82, 2.24) is 4.98 Å². The molecule has 4 nitrogen and oxygen atoms in total. The van der Waals surface area contributed by atoms with E-state index in [9.17, 15) is 0 Å². The molecule has 0 aromatic carbocycles. The monoisotopic (exact) mass is 269 g/mol. The lowest BCUT2D eigenvalue weighted by Gasteiger charge is -2.33. The molecule has 0 saturated carbocycles. The Labute approximate surface area is 113 Å². The normalized spacial score (nSPS) is 17.2. The minimum absolute atomic E-state index is 0.475. The Morgan fingerprint density at radius 2 is 2.22 bits per heavy atom. The van der Waals surface area contributed by atoms with E-state index in [1.54, 1.807) is 7.11 Å². The van der Waals surface area contributed by atoms with E-state index in [4.69, 9.17) is 22.1 Å². The van der Waals surface area contributed by atoms with Gasteiger partial charge in [0.25, 0.3) is 0 Å². The second-order valence-corrected chi connectivity index (χ2v) is 5.15. The van der Waals surface area contributed by atoms with Crippen molar-refractivity contribution in [3.05, 3.63) is 22.8 Å². The van der Waals surface area contributed by atoms with Crippen molar-refractivity contribution < 1.29 is 4.74 Å². The molecule has 100 valence electrons. The van der Waals surface area contributed by atoms with E-state index >= 15 is 0 Å². The van der Waals surface area contributed by atoms with Crippen molar-refractivity contribution in [3.63, 3.8) is 0 Å². The summed E-state index contributed by atoms with van der Waals surface area (Å²) in [5, 5.41) is 0.697. The highest BCUT2D eigenvalue weighted by Crippen LogP contribution is 2.28. The summed E-state index contributed by atoms with van der Waals surface area (Å²) in [6.45, 7) is 3.30. The molecule has 1 aliphatic heterocycles. The maximum Gasteiger partial charge on any atom is 0.147 e. The van der Waals surface area contributed by atoms with Crippen molar-refractivity contribution in [2.24, 2.45) is 11.7 Å². The van der Waals surface area contributed by atoms with Crippen molar-refractivity contribution in [2.45, 2.75) is 19.4 Å². The first-order valence-electron chi connectivity index (χ1n) is 6.33. The van der Waals surface area contributed by atoms with Crippen molar-refractivity contribution in [2.75, 3.05) is 31.7 Å². The summed E-state index contributed by atoms with van der Waals surface area (Å²) in [4.78, 5) is 6.67. The molecule has 2 heterocycles. The lowest BCUT2D eigenvalue weighted by Crippen LogP contribution is -2.35. The van der Waals surface area contributed by atoms with Gasteiger partial charge in [0, 0.05) is 39.5 Å². The first kappa shape index (κ1) is 13.6. The largest absolute Gasteiger partial charge is 0.384 e. The third-order valence-electron chi connectivity index (χ3n) is 3.43. The van der Waals surface area contributed by atoms with Crippen LogP contribution in [0.25, 0.3) is 0 Å². The highest BCUT2D eigenvalue weighted by Gasteiger charge is 2.21. The van der Waals surface area contributed by atoms with E-state index in [-0.39, 0.29) is 0 Å². The van der Waals surface area contributed by atoms with Crippen LogP contribution in [0.3, 0.4) is 0 Å². The summed E-state index contributed by atoms with van der Waals surface area (Å²) in [6.07, 6.45) is 4.07. The number of anilines is 1. The first-order chi connectivity index (χ1) is 8.74. The van der Waals surface area contributed by atoms with Crippen molar-refractivity contribution in [1.29, 1.82) is 0 Å². The zero-order valence-corrected chi connectivity index (χ0v) is 11.5. The molecule has 0 amide bonds. The molecule has 2 rings (SSSR count). The smallest absolute Gasteiger partial charge is 0.147 e. The molecule has 2 N–H and O–H groups in total. The van der Waals surface area contributed by atoms with Crippen LogP contribution in [-0.4, -0.2) is 31.8 Å². The molecule has 1 fully saturated rings. The molecule has 1 aromatic heterocycles. The van der Waals surface area contributed by atoms with E-state index in [1.165, 1.54) is 0 Å². The molecule has 0 bridgehead atoms. The fraction of sp³-hybridized carbons (Fsp3) is 0.615. The van der Waals surface area contributed by atoms with E-state index < -0.39 is 0 Å². The Hall–Kier alpha value is -0.840. The zero-order valence-electron chi connectivity index (χ0n) is 10.7. The molecule has 1 aromatic rings. The third-order valence-corrected chi connectivity index (χ3v) is 3.71. The number of piperidine rings is 1. The molecule has 0 unspecified atom stereocenters. The lowest BCUT2D eigenvalue weighted by molar-refractivity contribution is 0.139. The van der Waals surface area contributed by atoms with Gasteiger partial charge in [-0.3, -0.25) is 0 Å². The van der Waals surface area contributed by atoms with Gasteiger partial charge in [0.05, 0.1) is 5.02 Å². The van der Waals surface area contributed by atoms with Gasteiger partial charge in [0.1, 0.15) is 5.82 Å². The summed E-state index contributed by atoms with van der Waals surface area (Å²) < 4.78 is 5.20. The molecule has 18 heavy (non-hydrogen) atoms. The van der Waals surface area contributed by atoms with Crippen LogP contribution >= 0.6 is 11.6 Å². The van der Waals surface area contributed by atoms with Gasteiger partial charge in [-0.25, -0.2) is 4.98 Å². The fourth-order valence-electron chi connectivity index (χ4n) is 2.36. The Morgan fingerprint density at radius 3 is 2.78 bits per heavy atom. The molecule has 0 aliphatic carbocycles. The van der Waals surface area contributed by atoms with Crippen LogP contribution in [0.15, 0.2) is 12.3 Å². The third kappa shape index (κ3) is 3.13. The number of hydrogen-bond donors (Lipinski definition) is 1. The molecule has 0 radical (unpaired) electrons. The van der Waals surface area contributed by atoms with Gasteiger partial charge in [0.15, 0.2) is 0 Å². The van der Waals surface area contributed by atoms with E-state index in [0.717, 1.165) is 43.9 Å². The van der Waals surface area contributed by atoms with Crippen LogP contribution in [0.5, 0.6) is 0 Å². The lowest BCUT2D eigenvalue weighted by atomic mass is 9.98. The minimum atomic E-state index is 0.475. The zero-order chi connectivity index (χ0) is 13.0. The van der Waals surface area contributed by atoms with E-state index in [1.807, 2.05) is 12.3 Å². The van der Waals surface area contributed by atoms with Gasteiger partial charge in [-0.2, -0.15) is 0 Å². The average molecular weight is 270 g/mol. The Morgan fingerprint density at radius 1 is 1.50 bits per heavy atom. The highest BCUT2D eigenvalue weighted by atomic mass is 35.5. The van der Waals surface area contributed by atoms with Crippen LogP contribution in [0.4, 0.5) is 5.82 Å². The molecular weight excluding hydrogens is 250 g/mol. The average Bonchev–Trinajstić information content (AvgIpc) is 2.40. The summed E-state index contributed by atoms with van der Waals surface area (Å²) in [5.41, 5.74) is 6.54. The number of halogens is 1. The Balaban J connectivity index is 2.01. The highest BCUT2D eigenvalue weighted by molar-refractivity contribution is 6.33. The number of aromatic nitrogens is 1. The van der Waals surface area contributed by atoms with E-state index in [2.05, 4.69) is 9.88 Å². The number of ether oxygens (including phenoxy) is 1. The van der Waals surface area contributed by atoms with Gasteiger partial charge in [0.2, 0.25) is 0 Å². The fourth-order valence-corrected chi connectivity index (χ4v) is 2.67. The Bertz CT molecular complexity index is 392. The molecule has 1 aliphatic rings. The van der Waals surface area contributed by atoms with Crippen molar-refractivity contribution >= 4 is 17.4 Å². The van der Waals surface area contributed by atoms with Gasteiger partial charge in [-0.1, -0.05) is 11.6 Å². The van der Waals surface area contributed by atoms with Crippen LogP contribution in [0.2, 0.25) is 5.02 Å². The minimum Gasteiger partial charge on any atom is -0.384 e. The van der Waals surface area contributed by atoms with Gasteiger partial charge in [-0.05, 0) is 30.4 Å². The van der Waals surface area contributed by atoms with Gasteiger partial charge in [-0.15, -0.1) is 0 Å². The quantitative estimate of drug-likeness (QED) is 0.909. The summed E-state index contributed by atoms with van der Waals surface area (Å²) in [7, 11) is 1.76. The molecule has 0 atom stereocenters. The summed E-state index contributed by atoms with van der Waals surface area (Å²) in [5.74, 6) is 1.54.